The molecule has 0 saturated heterocycles. The Morgan fingerprint density at radius 2 is 1.65 bits per heavy atom. The molecule has 65 heavy (non-hydrogen) atoms. The molecule has 344 valence electrons. The van der Waals surface area contributed by atoms with Crippen molar-refractivity contribution < 1.29 is 33.8 Å². The lowest BCUT2D eigenvalue weighted by molar-refractivity contribution is -0.141. The molecule has 1 aliphatic rings. The number of aromatic nitrogens is 2. The average Bonchev–Trinajstić information content (AvgIpc) is 3.26. The summed E-state index contributed by atoms with van der Waals surface area (Å²) in [4.78, 5) is 80.8. The van der Waals surface area contributed by atoms with Crippen LogP contribution in [0.5, 0.6) is 11.5 Å². The van der Waals surface area contributed by atoms with E-state index in [0.29, 0.717) is 34.1 Å². The van der Waals surface area contributed by atoms with Crippen molar-refractivity contribution in [2.24, 2.45) is 17.2 Å². The number of ether oxygens (including phenoxy) is 1. The van der Waals surface area contributed by atoms with Gasteiger partial charge in [0.15, 0.2) is 5.82 Å². The third-order valence-electron chi connectivity index (χ3n) is 11.2. The number of rotatable bonds is 13. The molecule has 0 spiro atoms. The van der Waals surface area contributed by atoms with Gasteiger partial charge in [-0.25, -0.2) is 9.97 Å². The van der Waals surface area contributed by atoms with Crippen molar-refractivity contribution in [3.63, 3.8) is 0 Å². The number of carbonyl (C=O) groups excluding carboxylic acids is 5. The van der Waals surface area contributed by atoms with Gasteiger partial charge in [0.05, 0.1) is 23.0 Å². The van der Waals surface area contributed by atoms with Crippen LogP contribution >= 0.6 is 0 Å². The normalized spacial score (nSPS) is 16.8. The van der Waals surface area contributed by atoms with Crippen LogP contribution in [0.4, 0.5) is 0 Å². The van der Waals surface area contributed by atoms with E-state index < -0.39 is 53.7 Å². The van der Waals surface area contributed by atoms with Gasteiger partial charge in [0.1, 0.15) is 48.8 Å². The summed E-state index contributed by atoms with van der Waals surface area (Å²) in [6, 6.07) is 12.5. The van der Waals surface area contributed by atoms with Crippen LogP contribution in [0.15, 0.2) is 54.6 Å². The first kappa shape index (κ1) is 49.1. The van der Waals surface area contributed by atoms with Gasteiger partial charge in [-0.05, 0) is 80.1 Å². The van der Waals surface area contributed by atoms with Crippen LogP contribution in [0.25, 0.3) is 22.5 Å². The summed E-state index contributed by atoms with van der Waals surface area (Å²) in [5.41, 5.74) is 22.2. The molecule has 0 unspecified atom stereocenters. The minimum absolute atomic E-state index is 0.0255. The Hall–Kier alpha value is -6.94. The number of hydrogen-bond donors (Lipinski definition) is 8. The summed E-state index contributed by atoms with van der Waals surface area (Å²) >= 11 is 0. The Kier molecular flexibility index (Phi) is 16.0. The van der Waals surface area contributed by atoms with Gasteiger partial charge in [-0.15, -0.1) is 0 Å². The van der Waals surface area contributed by atoms with Gasteiger partial charge in [-0.2, -0.15) is 5.26 Å². The predicted octanol–water partition coefficient (Wildman–Crippen LogP) is 2.06. The number of aromatic hydroxyl groups is 1. The Balaban J connectivity index is 1.57. The number of nitrogens with two attached hydrogens (primary N) is 3. The van der Waals surface area contributed by atoms with Crippen LogP contribution in [0.1, 0.15) is 84.2 Å². The Morgan fingerprint density at radius 3 is 2.25 bits per heavy atom. The summed E-state index contributed by atoms with van der Waals surface area (Å²) in [5.74, 6) is -3.04. The van der Waals surface area contributed by atoms with Crippen LogP contribution < -0.4 is 43.2 Å². The number of benzene rings is 3. The minimum Gasteiger partial charge on any atom is -0.507 e. The van der Waals surface area contributed by atoms with E-state index in [0.717, 1.165) is 16.0 Å². The first-order valence-corrected chi connectivity index (χ1v) is 21.3. The van der Waals surface area contributed by atoms with Crippen LogP contribution in [0, 0.1) is 25.2 Å². The van der Waals surface area contributed by atoms with E-state index >= 15 is 0 Å². The monoisotopic (exact) mass is 889 g/mol. The molecule has 11 N–H and O–H groups in total. The van der Waals surface area contributed by atoms with Crippen LogP contribution in [-0.4, -0.2) is 101 Å². The topological polar surface area (TPSA) is 294 Å². The van der Waals surface area contributed by atoms with Gasteiger partial charge in [0.25, 0.3) is 5.91 Å². The molecule has 1 aromatic heterocycles. The van der Waals surface area contributed by atoms with Gasteiger partial charge in [-0.1, -0.05) is 51.1 Å². The molecule has 18 heteroatoms. The second-order valence-corrected chi connectivity index (χ2v) is 17.0. The zero-order valence-electron chi connectivity index (χ0n) is 37.9. The van der Waals surface area contributed by atoms with E-state index in [2.05, 4.69) is 52.0 Å². The number of nitrogens with one attached hydrogen (secondary N) is 4. The maximum absolute atomic E-state index is 14.7. The number of carbonyl (C=O) groups is 5. The average molecular weight is 890 g/mol. The second kappa shape index (κ2) is 21.2. The number of nitriles is 1. The van der Waals surface area contributed by atoms with Crippen molar-refractivity contribution in [3.8, 4) is 40.1 Å². The smallest absolute Gasteiger partial charge is 0.255 e. The van der Waals surface area contributed by atoms with Gasteiger partial charge >= 0.3 is 0 Å². The zero-order valence-corrected chi connectivity index (χ0v) is 37.9. The van der Waals surface area contributed by atoms with Gasteiger partial charge < -0.3 is 53.2 Å². The molecule has 0 radical (unpaired) electrons. The molecule has 1 aliphatic heterocycles. The molecule has 4 atom stereocenters. The first-order chi connectivity index (χ1) is 30.8. The summed E-state index contributed by atoms with van der Waals surface area (Å²) in [5, 5.41) is 31.5. The standard InChI is InChI=1S/C47H59N11O7/c1-25-38(26(2)54-41(53-25)29-9-11-32(12-10-29)47(4,5)6)44(62)56-35(14-15-48)46(64)58(7)39-30-22-31(24-51)40(59)34(23-30)33-20-28(8-13-37(33)65-19-17-50)21-36(43(61)52-18-16-49)57-42(60)27(3)55-45(39)63/h8-13,20,22-23,27,35-36,39,59H,14-15,17-19,21,24,48,50-51H2,1-7H3,(H,52,61)(H,55,63)(H,56,62)(H,57,60)/t27-,35-,36-,39-/m0/s1. The van der Waals surface area contributed by atoms with Crippen molar-refractivity contribution in [2.45, 2.75) is 90.5 Å². The number of aryl methyl sites for hydroxylation is 2. The molecule has 4 bridgehead atoms. The lowest BCUT2D eigenvalue weighted by Gasteiger charge is -2.33. The van der Waals surface area contributed by atoms with Gasteiger partial charge in [0.2, 0.25) is 23.6 Å². The van der Waals surface area contributed by atoms with Crippen LogP contribution in [0.2, 0.25) is 0 Å². The first-order valence-electron chi connectivity index (χ1n) is 21.3. The molecular formula is C47H59N11O7. The molecule has 0 saturated carbocycles. The van der Waals surface area contributed by atoms with Crippen molar-refractivity contribution >= 4 is 29.5 Å². The summed E-state index contributed by atoms with van der Waals surface area (Å²) in [6.45, 7) is 10.9. The summed E-state index contributed by atoms with van der Waals surface area (Å²) in [7, 11) is 1.37. The van der Waals surface area contributed by atoms with Crippen molar-refractivity contribution in [3.05, 3.63) is 93.8 Å². The predicted molar refractivity (Wildman–Crippen MR) is 244 cm³/mol. The molecule has 4 aromatic rings. The number of amides is 5. The fourth-order valence-corrected chi connectivity index (χ4v) is 7.67. The third kappa shape index (κ3) is 11.4. The minimum atomic E-state index is -1.50. The lowest BCUT2D eigenvalue weighted by Crippen LogP contribution is -2.56. The number of fused-ring (bicyclic) bond motifs is 5. The highest BCUT2D eigenvalue weighted by atomic mass is 16.5. The van der Waals surface area contributed by atoms with Crippen molar-refractivity contribution in [2.75, 3.05) is 33.3 Å². The highest BCUT2D eigenvalue weighted by molar-refractivity contribution is 6.00. The Morgan fingerprint density at radius 1 is 0.969 bits per heavy atom. The summed E-state index contributed by atoms with van der Waals surface area (Å²) < 4.78 is 5.99. The second-order valence-electron chi connectivity index (χ2n) is 17.0. The van der Waals surface area contributed by atoms with Crippen molar-refractivity contribution in [1.29, 1.82) is 5.26 Å². The molecule has 2 heterocycles. The van der Waals surface area contributed by atoms with E-state index in [9.17, 15) is 29.1 Å². The number of likely N-dealkylation sites (N-methyl/N-ethyl adjacent to an activating group) is 1. The third-order valence-corrected chi connectivity index (χ3v) is 11.2. The number of hydrogen-bond acceptors (Lipinski definition) is 13. The van der Waals surface area contributed by atoms with Crippen molar-refractivity contribution in [1.82, 2.24) is 36.1 Å². The van der Waals surface area contributed by atoms with Crippen LogP contribution in [0.3, 0.4) is 0 Å². The summed E-state index contributed by atoms with van der Waals surface area (Å²) in [6.07, 6.45) is -0.0785. The quantitative estimate of drug-likeness (QED) is 0.0894. The molecule has 0 aliphatic carbocycles. The van der Waals surface area contributed by atoms with Gasteiger partial charge in [-0.3, -0.25) is 24.0 Å². The van der Waals surface area contributed by atoms with E-state index in [1.807, 2.05) is 30.3 Å². The fraction of sp³-hybridized carbons (Fsp3) is 0.404. The maximum Gasteiger partial charge on any atom is 0.255 e. The molecule has 5 amide bonds. The fourth-order valence-electron chi connectivity index (χ4n) is 7.67. The number of phenolic OH excluding ortho intramolecular Hbond substituents is 1. The highest BCUT2D eigenvalue weighted by Crippen LogP contribution is 2.41. The number of nitrogens with zero attached hydrogens (tertiary/aromatic N) is 4. The molecule has 5 rings (SSSR count). The van der Waals surface area contributed by atoms with E-state index in [1.165, 1.54) is 26.1 Å². The van der Waals surface area contributed by atoms with E-state index in [4.69, 9.17) is 27.2 Å². The van der Waals surface area contributed by atoms with Gasteiger partial charge in [0, 0.05) is 48.8 Å². The molecular weight excluding hydrogens is 831 g/mol. The molecule has 18 nitrogen and oxygen atoms in total. The largest absolute Gasteiger partial charge is 0.507 e. The zero-order chi connectivity index (χ0) is 47.7. The SMILES string of the molecule is Cc1nc(-c2ccc(C(C)(C)C)cc2)nc(C)c1C(=O)N[C@@H](CCN)C(=O)N(C)[C@@H]1C(=O)N[C@@H](C)C(=O)N[C@H](C(=O)NCC#N)Cc2ccc(OCCN)c(c2)-c2cc1cc(CN)c2O. The van der Waals surface area contributed by atoms with E-state index in [-0.39, 0.29) is 79.0 Å². The molecule has 0 fully saturated rings. The maximum atomic E-state index is 14.7. The van der Waals surface area contributed by atoms with E-state index in [1.54, 1.807) is 32.0 Å². The Labute approximate surface area is 378 Å². The lowest BCUT2D eigenvalue weighted by atomic mass is 9.86. The van der Waals surface area contributed by atoms with Crippen LogP contribution in [-0.2, 0) is 37.6 Å². The number of phenols is 1. The highest BCUT2D eigenvalue weighted by Gasteiger charge is 2.37. The Bertz CT molecular complexity index is 2460. The molecule has 3 aromatic carbocycles.